The Morgan fingerprint density at radius 1 is 1.28 bits per heavy atom. The Balaban J connectivity index is 0.00000144. The monoisotopic (exact) mass is 358 g/mol. The fourth-order valence-electron chi connectivity index (χ4n) is 2.05. The smallest absolute Gasteiger partial charge is 0.137 e. The standard InChI is InChI=1S/C12H16BrFN2.2ClH/c1-9(16-6-4-15-5-7-16)10-2-3-12(14)11(13)8-10;;/h2-3,8-9,15H,4-7H2,1H3;2*1H/t9-;;/m0../s1. The van der Waals surface area contributed by atoms with Crippen LogP contribution in [0.25, 0.3) is 0 Å². The molecule has 2 nitrogen and oxygen atoms in total. The summed E-state index contributed by atoms with van der Waals surface area (Å²) < 4.78 is 13.7. The van der Waals surface area contributed by atoms with Crippen LogP contribution in [0.3, 0.4) is 0 Å². The van der Waals surface area contributed by atoms with Crippen molar-refractivity contribution < 1.29 is 4.39 Å². The van der Waals surface area contributed by atoms with Crippen LogP contribution in [0, 0.1) is 5.82 Å². The molecule has 0 amide bonds. The first-order valence-corrected chi connectivity index (χ1v) is 6.37. The number of nitrogens with zero attached hydrogens (tertiary/aromatic N) is 1. The summed E-state index contributed by atoms with van der Waals surface area (Å²) in [5.41, 5.74) is 1.16. The van der Waals surface area contributed by atoms with Gasteiger partial charge in [-0.15, -0.1) is 24.8 Å². The molecule has 1 saturated heterocycles. The highest BCUT2D eigenvalue weighted by Gasteiger charge is 2.18. The molecule has 1 N–H and O–H groups in total. The van der Waals surface area contributed by atoms with Crippen LogP contribution in [-0.2, 0) is 0 Å². The third-order valence-electron chi connectivity index (χ3n) is 3.13. The minimum absolute atomic E-state index is 0. The molecule has 104 valence electrons. The first-order chi connectivity index (χ1) is 7.68. The van der Waals surface area contributed by atoms with E-state index in [1.165, 1.54) is 6.07 Å². The van der Waals surface area contributed by atoms with Crippen LogP contribution in [-0.4, -0.2) is 31.1 Å². The highest BCUT2D eigenvalue weighted by atomic mass is 79.9. The lowest BCUT2D eigenvalue weighted by molar-refractivity contribution is 0.185. The van der Waals surface area contributed by atoms with Gasteiger partial charge in [0.25, 0.3) is 0 Å². The van der Waals surface area contributed by atoms with Crippen molar-refractivity contribution in [3.63, 3.8) is 0 Å². The summed E-state index contributed by atoms with van der Waals surface area (Å²) in [4.78, 5) is 2.41. The van der Waals surface area contributed by atoms with E-state index in [9.17, 15) is 4.39 Å². The lowest BCUT2D eigenvalue weighted by Crippen LogP contribution is -2.44. The molecule has 1 aromatic carbocycles. The summed E-state index contributed by atoms with van der Waals surface area (Å²) in [7, 11) is 0. The lowest BCUT2D eigenvalue weighted by atomic mass is 10.1. The molecule has 1 heterocycles. The van der Waals surface area contributed by atoms with Crippen LogP contribution in [0.2, 0.25) is 0 Å². The Labute approximate surface area is 128 Å². The molecule has 0 saturated carbocycles. The molecular weight excluding hydrogens is 342 g/mol. The van der Waals surface area contributed by atoms with Gasteiger partial charge in [-0.05, 0) is 40.5 Å². The predicted molar refractivity (Wildman–Crippen MR) is 81.5 cm³/mol. The first-order valence-electron chi connectivity index (χ1n) is 5.58. The molecule has 1 aliphatic heterocycles. The van der Waals surface area contributed by atoms with Crippen molar-refractivity contribution in [3.8, 4) is 0 Å². The van der Waals surface area contributed by atoms with E-state index in [2.05, 4.69) is 33.1 Å². The van der Waals surface area contributed by atoms with Gasteiger partial charge in [0, 0.05) is 32.2 Å². The van der Waals surface area contributed by atoms with Gasteiger partial charge in [0.05, 0.1) is 4.47 Å². The largest absolute Gasteiger partial charge is 0.314 e. The summed E-state index contributed by atoms with van der Waals surface area (Å²) in [5, 5.41) is 3.33. The van der Waals surface area contributed by atoms with Crippen molar-refractivity contribution in [3.05, 3.63) is 34.1 Å². The zero-order valence-corrected chi connectivity index (χ0v) is 13.4. The second-order valence-electron chi connectivity index (χ2n) is 4.14. The van der Waals surface area contributed by atoms with Crippen molar-refractivity contribution in [2.24, 2.45) is 0 Å². The first kappa shape index (κ1) is 18.1. The molecule has 0 spiro atoms. The zero-order valence-electron chi connectivity index (χ0n) is 10.2. The topological polar surface area (TPSA) is 15.3 Å². The molecule has 6 heteroatoms. The van der Waals surface area contributed by atoms with Crippen LogP contribution in [0.1, 0.15) is 18.5 Å². The normalized spacial score (nSPS) is 17.5. The van der Waals surface area contributed by atoms with E-state index in [-0.39, 0.29) is 30.6 Å². The van der Waals surface area contributed by atoms with Gasteiger partial charge in [0.15, 0.2) is 0 Å². The fourth-order valence-corrected chi connectivity index (χ4v) is 2.45. The van der Waals surface area contributed by atoms with Crippen LogP contribution < -0.4 is 5.32 Å². The van der Waals surface area contributed by atoms with Crippen molar-refractivity contribution in [1.29, 1.82) is 0 Å². The van der Waals surface area contributed by atoms with Gasteiger partial charge in [-0.1, -0.05) is 6.07 Å². The Hall–Kier alpha value is 0.130. The summed E-state index contributed by atoms with van der Waals surface area (Å²) >= 11 is 3.23. The second-order valence-corrected chi connectivity index (χ2v) is 4.99. The molecule has 1 atom stereocenters. The van der Waals surface area contributed by atoms with Crippen molar-refractivity contribution >= 4 is 40.7 Å². The van der Waals surface area contributed by atoms with Crippen LogP contribution in [0.15, 0.2) is 22.7 Å². The third-order valence-corrected chi connectivity index (χ3v) is 3.73. The van der Waals surface area contributed by atoms with Gasteiger partial charge < -0.3 is 5.32 Å². The maximum atomic E-state index is 13.1. The lowest BCUT2D eigenvalue weighted by Gasteiger charge is -2.33. The number of benzene rings is 1. The van der Waals surface area contributed by atoms with E-state index < -0.39 is 0 Å². The van der Waals surface area contributed by atoms with Gasteiger partial charge in [-0.25, -0.2) is 4.39 Å². The van der Waals surface area contributed by atoms with Gasteiger partial charge >= 0.3 is 0 Å². The fraction of sp³-hybridized carbons (Fsp3) is 0.500. The molecule has 1 fully saturated rings. The molecule has 0 aromatic heterocycles. The number of hydrogen-bond donors (Lipinski definition) is 1. The highest BCUT2D eigenvalue weighted by molar-refractivity contribution is 9.10. The summed E-state index contributed by atoms with van der Waals surface area (Å²) in [5.74, 6) is -0.198. The molecule has 1 aliphatic rings. The minimum Gasteiger partial charge on any atom is -0.314 e. The van der Waals surface area contributed by atoms with Crippen LogP contribution >= 0.6 is 40.7 Å². The van der Waals surface area contributed by atoms with Gasteiger partial charge in [-0.2, -0.15) is 0 Å². The summed E-state index contributed by atoms with van der Waals surface area (Å²) in [6.45, 7) is 6.34. The van der Waals surface area contributed by atoms with Gasteiger partial charge in [-0.3, -0.25) is 4.90 Å². The van der Waals surface area contributed by atoms with Crippen molar-refractivity contribution in [1.82, 2.24) is 10.2 Å². The molecule has 0 radical (unpaired) electrons. The van der Waals surface area contributed by atoms with E-state index >= 15 is 0 Å². The minimum atomic E-state index is -0.198. The maximum absolute atomic E-state index is 13.1. The number of halogens is 4. The molecule has 0 bridgehead atoms. The Morgan fingerprint density at radius 2 is 1.89 bits per heavy atom. The molecule has 2 rings (SSSR count). The Kier molecular flexibility index (Phi) is 8.39. The Bertz CT molecular complexity index is 373. The van der Waals surface area contributed by atoms with Crippen LogP contribution in [0.5, 0.6) is 0 Å². The van der Waals surface area contributed by atoms with Gasteiger partial charge in [0.2, 0.25) is 0 Å². The average molecular weight is 360 g/mol. The van der Waals surface area contributed by atoms with Crippen molar-refractivity contribution in [2.75, 3.05) is 26.2 Å². The van der Waals surface area contributed by atoms with Gasteiger partial charge in [0.1, 0.15) is 5.82 Å². The second kappa shape index (κ2) is 8.33. The maximum Gasteiger partial charge on any atom is 0.137 e. The SMILES string of the molecule is C[C@@H](c1ccc(F)c(Br)c1)N1CCNCC1.Cl.Cl. The molecule has 0 unspecified atom stereocenters. The van der Waals surface area contributed by atoms with E-state index in [4.69, 9.17) is 0 Å². The average Bonchev–Trinajstić information content (AvgIpc) is 2.33. The third kappa shape index (κ3) is 4.35. The molecule has 18 heavy (non-hydrogen) atoms. The summed E-state index contributed by atoms with van der Waals surface area (Å²) in [6, 6.07) is 5.62. The van der Waals surface area contributed by atoms with E-state index in [0.29, 0.717) is 10.5 Å². The Morgan fingerprint density at radius 3 is 2.44 bits per heavy atom. The van der Waals surface area contributed by atoms with Crippen molar-refractivity contribution in [2.45, 2.75) is 13.0 Å². The van der Waals surface area contributed by atoms with E-state index in [1.807, 2.05) is 12.1 Å². The molecule has 1 aromatic rings. The summed E-state index contributed by atoms with van der Waals surface area (Å²) in [6.07, 6.45) is 0. The predicted octanol–water partition coefficient (Wildman–Crippen LogP) is 3.40. The highest BCUT2D eigenvalue weighted by Crippen LogP contribution is 2.25. The number of hydrogen-bond acceptors (Lipinski definition) is 2. The number of nitrogens with one attached hydrogen (secondary N) is 1. The quantitative estimate of drug-likeness (QED) is 0.870. The van der Waals surface area contributed by atoms with Crippen LogP contribution in [0.4, 0.5) is 4.39 Å². The molecular formula is C12H18BrCl2FN2. The molecule has 0 aliphatic carbocycles. The van der Waals surface area contributed by atoms with E-state index in [1.54, 1.807) is 0 Å². The number of piperazine rings is 1. The van der Waals surface area contributed by atoms with E-state index in [0.717, 1.165) is 31.7 Å². The number of rotatable bonds is 2. The zero-order chi connectivity index (χ0) is 11.5.